The van der Waals surface area contributed by atoms with Crippen molar-refractivity contribution in [3.05, 3.63) is 35.1 Å². The topological polar surface area (TPSA) is 44.8 Å². The molecule has 0 aromatic heterocycles. The molecule has 4 heteroatoms. The van der Waals surface area contributed by atoms with Gasteiger partial charge in [0.05, 0.1) is 6.10 Å². The Hall–Kier alpha value is -1.97. The maximum Gasteiger partial charge on any atom is 0.251 e. The van der Waals surface area contributed by atoms with E-state index in [0.717, 1.165) is 62.2 Å². The van der Waals surface area contributed by atoms with Crippen LogP contribution in [0.2, 0.25) is 0 Å². The van der Waals surface area contributed by atoms with Crippen molar-refractivity contribution < 1.29 is 19.0 Å². The molecular formula is C28H40O4. The molecule has 0 bridgehead atoms. The summed E-state index contributed by atoms with van der Waals surface area (Å²) in [5, 5.41) is 0. The van der Waals surface area contributed by atoms with E-state index in [2.05, 4.69) is 39.8 Å². The molecule has 1 saturated carbocycles. The van der Waals surface area contributed by atoms with Gasteiger partial charge in [-0.1, -0.05) is 40.2 Å². The summed E-state index contributed by atoms with van der Waals surface area (Å²) in [7, 11) is 0. The number of fused-ring (bicyclic) bond motifs is 1. The molecule has 0 saturated heterocycles. The summed E-state index contributed by atoms with van der Waals surface area (Å²) < 4.78 is 18.8. The van der Waals surface area contributed by atoms with E-state index in [1.54, 1.807) is 6.08 Å². The molecule has 1 atom stereocenters. The van der Waals surface area contributed by atoms with Crippen LogP contribution >= 0.6 is 0 Å². The van der Waals surface area contributed by atoms with Gasteiger partial charge in [-0.15, -0.1) is 0 Å². The largest absolute Gasteiger partial charge is 0.495 e. The van der Waals surface area contributed by atoms with Crippen LogP contribution in [-0.2, 0) is 16.0 Å². The first-order valence-corrected chi connectivity index (χ1v) is 12.5. The highest BCUT2D eigenvalue weighted by Gasteiger charge is 2.44. The second kappa shape index (κ2) is 8.76. The highest BCUT2D eigenvalue weighted by molar-refractivity contribution is 5.93. The first-order chi connectivity index (χ1) is 15.1. The molecule has 1 spiro atoms. The third-order valence-electron chi connectivity index (χ3n) is 7.29. The summed E-state index contributed by atoms with van der Waals surface area (Å²) in [5.74, 6) is 2.77. The van der Waals surface area contributed by atoms with Gasteiger partial charge in [0, 0.05) is 36.8 Å². The van der Waals surface area contributed by atoms with Crippen LogP contribution < -0.4 is 9.47 Å². The van der Waals surface area contributed by atoms with Gasteiger partial charge in [-0.25, -0.2) is 0 Å². The lowest BCUT2D eigenvalue weighted by Gasteiger charge is -2.37. The summed E-state index contributed by atoms with van der Waals surface area (Å²) in [6, 6.07) is 4.44. The van der Waals surface area contributed by atoms with Gasteiger partial charge in [0.25, 0.3) is 5.79 Å². The molecule has 1 fully saturated rings. The number of rotatable bonds is 6. The summed E-state index contributed by atoms with van der Waals surface area (Å²) >= 11 is 0. The molecule has 4 nitrogen and oxygen atoms in total. The van der Waals surface area contributed by atoms with E-state index in [0.29, 0.717) is 5.92 Å². The normalized spacial score (nSPS) is 23.7. The fourth-order valence-electron chi connectivity index (χ4n) is 5.63. The number of benzene rings is 1. The molecule has 176 valence electrons. The third-order valence-corrected chi connectivity index (χ3v) is 7.29. The van der Waals surface area contributed by atoms with E-state index in [1.165, 1.54) is 17.5 Å². The second-order valence-electron chi connectivity index (χ2n) is 11.3. The Morgan fingerprint density at radius 1 is 1.06 bits per heavy atom. The zero-order chi connectivity index (χ0) is 23.1. The molecule has 1 aromatic carbocycles. The Balaban J connectivity index is 1.52. The molecule has 3 aliphatic rings. The number of hydrogen-bond donors (Lipinski definition) is 0. The van der Waals surface area contributed by atoms with Crippen molar-refractivity contribution in [2.24, 2.45) is 11.3 Å². The van der Waals surface area contributed by atoms with Gasteiger partial charge in [0.1, 0.15) is 5.76 Å². The summed E-state index contributed by atoms with van der Waals surface area (Å²) in [6.45, 7) is 12.8. The van der Waals surface area contributed by atoms with Crippen molar-refractivity contribution in [1.82, 2.24) is 0 Å². The van der Waals surface area contributed by atoms with Gasteiger partial charge in [0.2, 0.25) is 0 Å². The minimum atomic E-state index is -0.457. The molecule has 4 rings (SSSR count). The van der Waals surface area contributed by atoms with Crippen molar-refractivity contribution >= 4 is 5.78 Å². The highest BCUT2D eigenvalue weighted by atomic mass is 16.7. The average molecular weight is 441 g/mol. The van der Waals surface area contributed by atoms with Gasteiger partial charge in [-0.3, -0.25) is 4.79 Å². The molecular weight excluding hydrogens is 400 g/mol. The SMILES string of the molecule is CC(C)OC1=CC(=O)C(CCc2cc3c(c(C(C)C)c2)OC2(CCCCC2)O3)C(C)(C)C1. The maximum absolute atomic E-state index is 13.0. The predicted molar refractivity (Wildman–Crippen MR) is 127 cm³/mol. The average Bonchev–Trinajstić information content (AvgIpc) is 3.03. The summed E-state index contributed by atoms with van der Waals surface area (Å²) in [6.07, 6.45) is 9.84. The van der Waals surface area contributed by atoms with E-state index < -0.39 is 5.79 Å². The van der Waals surface area contributed by atoms with Crippen LogP contribution in [0.5, 0.6) is 11.5 Å². The quantitative estimate of drug-likeness (QED) is 0.473. The van der Waals surface area contributed by atoms with Crippen molar-refractivity contribution in [1.29, 1.82) is 0 Å². The number of allylic oxidation sites excluding steroid dienone is 2. The zero-order valence-electron chi connectivity index (χ0n) is 20.8. The number of aryl methyl sites for hydroxylation is 1. The summed E-state index contributed by atoms with van der Waals surface area (Å²) in [4.78, 5) is 13.0. The van der Waals surface area contributed by atoms with Crippen LogP contribution in [0.1, 0.15) is 104 Å². The minimum absolute atomic E-state index is 0.000350. The number of carbonyl (C=O) groups excluding carboxylic acids is 1. The third kappa shape index (κ3) is 4.70. The van der Waals surface area contributed by atoms with Gasteiger partial charge in [0.15, 0.2) is 17.3 Å². The van der Waals surface area contributed by atoms with Crippen LogP contribution in [0.4, 0.5) is 0 Å². The molecule has 0 N–H and O–H groups in total. The van der Waals surface area contributed by atoms with Crippen molar-refractivity contribution in [2.75, 3.05) is 0 Å². The lowest BCUT2D eigenvalue weighted by molar-refractivity contribution is -0.123. The summed E-state index contributed by atoms with van der Waals surface area (Å²) in [5.41, 5.74) is 2.35. The lowest BCUT2D eigenvalue weighted by Crippen LogP contribution is -2.40. The van der Waals surface area contributed by atoms with Crippen LogP contribution in [0, 0.1) is 11.3 Å². The highest BCUT2D eigenvalue weighted by Crippen LogP contribution is 2.50. The maximum atomic E-state index is 13.0. The van der Waals surface area contributed by atoms with Crippen molar-refractivity contribution in [3.63, 3.8) is 0 Å². The predicted octanol–water partition coefficient (Wildman–Crippen LogP) is 7.10. The van der Waals surface area contributed by atoms with Gasteiger partial charge in [-0.05, 0) is 62.5 Å². The number of hydrogen-bond acceptors (Lipinski definition) is 4. The molecule has 32 heavy (non-hydrogen) atoms. The Kier molecular flexibility index (Phi) is 6.35. The van der Waals surface area contributed by atoms with Crippen LogP contribution in [0.3, 0.4) is 0 Å². The van der Waals surface area contributed by atoms with Crippen molar-refractivity contribution in [2.45, 2.75) is 111 Å². The van der Waals surface area contributed by atoms with Gasteiger partial charge < -0.3 is 14.2 Å². The van der Waals surface area contributed by atoms with Crippen LogP contribution in [-0.4, -0.2) is 17.7 Å². The fraction of sp³-hybridized carbons (Fsp3) is 0.679. The van der Waals surface area contributed by atoms with Crippen LogP contribution in [0.15, 0.2) is 24.0 Å². The number of ketones is 1. The smallest absolute Gasteiger partial charge is 0.251 e. The molecule has 1 heterocycles. The molecule has 0 radical (unpaired) electrons. The second-order valence-corrected chi connectivity index (χ2v) is 11.3. The molecule has 2 aliphatic carbocycles. The molecule has 1 unspecified atom stereocenters. The van der Waals surface area contributed by atoms with Gasteiger partial charge in [-0.2, -0.15) is 0 Å². The Morgan fingerprint density at radius 3 is 2.41 bits per heavy atom. The van der Waals surface area contributed by atoms with Crippen molar-refractivity contribution in [3.8, 4) is 11.5 Å². The lowest BCUT2D eigenvalue weighted by atomic mass is 9.68. The van der Waals surface area contributed by atoms with Crippen LogP contribution in [0.25, 0.3) is 0 Å². The first-order valence-electron chi connectivity index (χ1n) is 12.5. The first kappa shape index (κ1) is 23.2. The van der Waals surface area contributed by atoms with E-state index in [9.17, 15) is 4.79 Å². The molecule has 1 aromatic rings. The number of ether oxygens (including phenoxy) is 3. The Labute approximate surface area is 193 Å². The van der Waals surface area contributed by atoms with E-state index in [4.69, 9.17) is 14.2 Å². The molecule has 1 aliphatic heterocycles. The zero-order valence-corrected chi connectivity index (χ0v) is 20.8. The monoisotopic (exact) mass is 440 g/mol. The Morgan fingerprint density at radius 2 is 1.78 bits per heavy atom. The van der Waals surface area contributed by atoms with E-state index in [1.807, 2.05) is 13.8 Å². The van der Waals surface area contributed by atoms with Gasteiger partial charge >= 0.3 is 0 Å². The fourth-order valence-corrected chi connectivity index (χ4v) is 5.63. The number of carbonyl (C=O) groups is 1. The minimum Gasteiger partial charge on any atom is -0.495 e. The van der Waals surface area contributed by atoms with E-state index >= 15 is 0 Å². The molecule has 0 amide bonds. The standard InChI is InChI=1S/C28H40O4/c1-18(2)22-14-20(15-25-26(22)32-28(31-25)12-8-7-9-13-28)10-11-23-24(29)16-21(30-19(3)4)17-27(23,5)6/h14-16,18-19,23H,7-13,17H2,1-6H3. The van der Waals surface area contributed by atoms with E-state index in [-0.39, 0.29) is 23.2 Å². The Bertz CT molecular complexity index is 887.